The Hall–Kier alpha value is -1.11. The fourth-order valence-corrected chi connectivity index (χ4v) is 2.45. The second-order valence-corrected chi connectivity index (χ2v) is 4.24. The lowest BCUT2D eigenvalue weighted by molar-refractivity contribution is 0.562. The number of fused-ring (bicyclic) bond motifs is 1. The monoisotopic (exact) mass is 221 g/mol. The predicted molar refractivity (Wildman–Crippen MR) is 59.9 cm³/mol. The van der Waals surface area contributed by atoms with Crippen LogP contribution in [-0.2, 0) is 24.2 Å². The molecule has 0 saturated carbocycles. The SMILES string of the molecule is O=C=NCc1cc(Cl)c2c(c1)CCCC2. The molecule has 0 N–H and O–H groups in total. The van der Waals surface area contributed by atoms with Crippen LogP contribution in [0.5, 0.6) is 0 Å². The lowest BCUT2D eigenvalue weighted by atomic mass is 9.90. The Labute approximate surface area is 94.0 Å². The molecule has 0 aliphatic heterocycles. The summed E-state index contributed by atoms with van der Waals surface area (Å²) in [4.78, 5) is 13.6. The minimum Gasteiger partial charge on any atom is -0.211 e. The van der Waals surface area contributed by atoms with E-state index in [4.69, 9.17) is 11.6 Å². The third-order valence-corrected chi connectivity index (χ3v) is 3.13. The maximum Gasteiger partial charge on any atom is 0.235 e. The summed E-state index contributed by atoms with van der Waals surface area (Å²) in [5, 5.41) is 0.822. The molecule has 1 aliphatic carbocycles. The maximum absolute atomic E-state index is 10.0. The third-order valence-electron chi connectivity index (χ3n) is 2.80. The van der Waals surface area contributed by atoms with Crippen LogP contribution in [-0.4, -0.2) is 6.08 Å². The molecule has 78 valence electrons. The Morgan fingerprint density at radius 2 is 2.13 bits per heavy atom. The Morgan fingerprint density at radius 3 is 2.93 bits per heavy atom. The van der Waals surface area contributed by atoms with E-state index < -0.39 is 0 Å². The highest BCUT2D eigenvalue weighted by atomic mass is 35.5. The molecule has 2 rings (SSSR count). The van der Waals surface area contributed by atoms with Crippen LogP contribution in [0, 0.1) is 0 Å². The molecule has 0 unspecified atom stereocenters. The van der Waals surface area contributed by atoms with E-state index in [0.717, 1.165) is 23.4 Å². The van der Waals surface area contributed by atoms with Crippen molar-refractivity contribution in [1.29, 1.82) is 0 Å². The van der Waals surface area contributed by atoms with Gasteiger partial charge in [0, 0.05) is 5.02 Å². The standard InChI is InChI=1S/C12H12ClNO/c13-12-6-9(7-14-8-15)5-10-3-1-2-4-11(10)12/h5-6H,1-4,7H2. The van der Waals surface area contributed by atoms with Crippen molar-refractivity contribution in [2.75, 3.05) is 0 Å². The third kappa shape index (κ3) is 2.28. The highest BCUT2D eigenvalue weighted by molar-refractivity contribution is 6.31. The molecule has 15 heavy (non-hydrogen) atoms. The van der Waals surface area contributed by atoms with Crippen LogP contribution >= 0.6 is 11.6 Å². The summed E-state index contributed by atoms with van der Waals surface area (Å²) >= 11 is 6.19. The van der Waals surface area contributed by atoms with Crippen LogP contribution in [0.2, 0.25) is 5.02 Å². The zero-order valence-electron chi connectivity index (χ0n) is 8.42. The predicted octanol–water partition coefficient (Wildman–Crippen LogP) is 3.05. The number of aliphatic imine (C=N–C) groups is 1. The molecule has 0 bridgehead atoms. The van der Waals surface area contributed by atoms with Crippen molar-refractivity contribution in [2.45, 2.75) is 32.2 Å². The fourth-order valence-electron chi connectivity index (χ4n) is 2.09. The van der Waals surface area contributed by atoms with Crippen molar-refractivity contribution in [3.8, 4) is 0 Å². The van der Waals surface area contributed by atoms with Gasteiger partial charge in [0.15, 0.2) is 0 Å². The van der Waals surface area contributed by atoms with E-state index in [0.29, 0.717) is 6.54 Å². The zero-order valence-corrected chi connectivity index (χ0v) is 9.18. The molecule has 1 aromatic carbocycles. The summed E-state index contributed by atoms with van der Waals surface area (Å²) in [5.74, 6) is 0. The van der Waals surface area contributed by atoms with Crippen LogP contribution in [0.15, 0.2) is 17.1 Å². The Kier molecular flexibility index (Phi) is 3.20. The Morgan fingerprint density at radius 1 is 1.33 bits per heavy atom. The smallest absolute Gasteiger partial charge is 0.211 e. The minimum atomic E-state index is 0.385. The molecule has 1 aliphatic rings. The van der Waals surface area contributed by atoms with Gasteiger partial charge in [-0.25, -0.2) is 9.79 Å². The molecule has 3 heteroatoms. The minimum absolute atomic E-state index is 0.385. The molecule has 0 radical (unpaired) electrons. The topological polar surface area (TPSA) is 29.4 Å². The second kappa shape index (κ2) is 4.61. The molecule has 0 aromatic heterocycles. The number of aryl methyl sites for hydroxylation is 1. The van der Waals surface area contributed by atoms with E-state index in [9.17, 15) is 4.79 Å². The van der Waals surface area contributed by atoms with Crippen molar-refractivity contribution in [1.82, 2.24) is 0 Å². The molecule has 0 fully saturated rings. The van der Waals surface area contributed by atoms with E-state index in [1.54, 1.807) is 6.08 Å². The summed E-state index contributed by atoms with van der Waals surface area (Å²) in [6.45, 7) is 0.385. The number of benzene rings is 1. The van der Waals surface area contributed by atoms with Gasteiger partial charge >= 0.3 is 0 Å². The molecular weight excluding hydrogens is 210 g/mol. The van der Waals surface area contributed by atoms with E-state index in [2.05, 4.69) is 11.1 Å². The van der Waals surface area contributed by atoms with Gasteiger partial charge in [0.05, 0.1) is 6.54 Å². The van der Waals surface area contributed by atoms with Crippen molar-refractivity contribution in [3.05, 3.63) is 33.8 Å². The number of halogens is 1. The maximum atomic E-state index is 10.0. The van der Waals surface area contributed by atoms with Gasteiger partial charge in [-0.05, 0) is 48.4 Å². The fraction of sp³-hybridized carbons (Fsp3) is 0.417. The lowest BCUT2D eigenvalue weighted by Crippen LogP contribution is -2.04. The molecule has 0 heterocycles. The van der Waals surface area contributed by atoms with Gasteiger partial charge in [0.1, 0.15) is 0 Å². The van der Waals surface area contributed by atoms with E-state index >= 15 is 0 Å². The Bertz CT molecular complexity index is 422. The Balaban J connectivity index is 2.35. The average molecular weight is 222 g/mol. The summed E-state index contributed by atoms with van der Waals surface area (Å²) in [5.41, 5.74) is 3.61. The first-order chi connectivity index (χ1) is 7.31. The van der Waals surface area contributed by atoms with Gasteiger partial charge in [0.25, 0.3) is 0 Å². The van der Waals surface area contributed by atoms with Gasteiger partial charge in [-0.15, -0.1) is 0 Å². The normalized spacial score (nSPS) is 14.2. The van der Waals surface area contributed by atoms with Crippen molar-refractivity contribution in [2.24, 2.45) is 4.99 Å². The highest BCUT2D eigenvalue weighted by Gasteiger charge is 2.13. The molecule has 2 nitrogen and oxygen atoms in total. The van der Waals surface area contributed by atoms with Gasteiger partial charge < -0.3 is 0 Å². The van der Waals surface area contributed by atoms with Crippen LogP contribution in [0.25, 0.3) is 0 Å². The number of nitrogens with zero attached hydrogens (tertiary/aromatic N) is 1. The number of carbonyl (C=O) groups excluding carboxylic acids is 1. The number of isocyanates is 1. The summed E-state index contributed by atoms with van der Waals surface area (Å²) in [7, 11) is 0. The number of hydrogen-bond donors (Lipinski definition) is 0. The summed E-state index contributed by atoms with van der Waals surface area (Å²) < 4.78 is 0. The highest BCUT2D eigenvalue weighted by Crippen LogP contribution is 2.29. The molecule has 0 atom stereocenters. The van der Waals surface area contributed by atoms with Crippen molar-refractivity contribution in [3.63, 3.8) is 0 Å². The van der Waals surface area contributed by atoms with Crippen molar-refractivity contribution >= 4 is 17.7 Å². The number of rotatable bonds is 2. The molecule has 0 saturated heterocycles. The first-order valence-corrected chi connectivity index (χ1v) is 5.53. The van der Waals surface area contributed by atoms with Crippen LogP contribution in [0.1, 0.15) is 29.5 Å². The van der Waals surface area contributed by atoms with Gasteiger partial charge in [-0.2, -0.15) is 0 Å². The summed E-state index contributed by atoms with van der Waals surface area (Å²) in [6.07, 6.45) is 6.16. The van der Waals surface area contributed by atoms with Crippen LogP contribution in [0.3, 0.4) is 0 Å². The molecule has 1 aromatic rings. The zero-order chi connectivity index (χ0) is 10.7. The first-order valence-electron chi connectivity index (χ1n) is 5.15. The second-order valence-electron chi connectivity index (χ2n) is 3.83. The largest absolute Gasteiger partial charge is 0.235 e. The van der Waals surface area contributed by atoms with Crippen LogP contribution < -0.4 is 0 Å². The first kappa shape index (κ1) is 10.4. The van der Waals surface area contributed by atoms with Crippen LogP contribution in [0.4, 0.5) is 0 Å². The number of hydrogen-bond acceptors (Lipinski definition) is 2. The summed E-state index contributed by atoms with van der Waals surface area (Å²) in [6, 6.07) is 4.02. The van der Waals surface area contributed by atoms with Crippen molar-refractivity contribution < 1.29 is 4.79 Å². The molecule has 0 amide bonds. The van der Waals surface area contributed by atoms with E-state index in [-0.39, 0.29) is 0 Å². The van der Waals surface area contributed by atoms with Gasteiger partial charge in [-0.1, -0.05) is 17.7 Å². The molecule has 0 spiro atoms. The lowest BCUT2D eigenvalue weighted by Gasteiger charge is -2.17. The molecular formula is C12H12ClNO. The average Bonchev–Trinajstić information content (AvgIpc) is 2.26. The quantitative estimate of drug-likeness (QED) is 0.558. The van der Waals surface area contributed by atoms with E-state index in [1.807, 2.05) is 6.07 Å². The van der Waals surface area contributed by atoms with E-state index in [1.165, 1.54) is 24.0 Å². The van der Waals surface area contributed by atoms with Gasteiger partial charge in [-0.3, -0.25) is 0 Å². The van der Waals surface area contributed by atoms with Gasteiger partial charge in [0.2, 0.25) is 6.08 Å².